The van der Waals surface area contributed by atoms with Gasteiger partial charge in [-0.2, -0.15) is 0 Å². The number of aromatic carboxylic acids is 1. The Morgan fingerprint density at radius 3 is 2.28 bits per heavy atom. The average Bonchev–Trinajstić information content (AvgIpc) is 2.97. The van der Waals surface area contributed by atoms with Crippen molar-refractivity contribution in [1.82, 2.24) is 4.98 Å². The number of nitrogens with zero attached hydrogens (tertiary/aromatic N) is 1. The minimum absolute atomic E-state index is 0.0762. The number of anilines is 2. The number of benzene rings is 2. The second-order valence-corrected chi connectivity index (χ2v) is 6.28. The number of hydrogen-bond acceptors (Lipinski definition) is 7. The van der Waals surface area contributed by atoms with Crippen LogP contribution in [0.25, 0.3) is 11.3 Å². The van der Waals surface area contributed by atoms with Crippen LogP contribution in [0.4, 0.5) is 10.8 Å². The molecule has 0 saturated heterocycles. The topological polar surface area (TPSA) is 105 Å². The summed E-state index contributed by atoms with van der Waals surface area (Å²) in [6, 6.07) is 15.3. The number of carbonyl (C=O) groups excluding carboxylic acids is 2. The van der Waals surface area contributed by atoms with E-state index in [0.717, 1.165) is 5.56 Å². The van der Waals surface area contributed by atoms with Gasteiger partial charge in [0.25, 0.3) is 0 Å². The first-order chi connectivity index (χ1) is 12.0. The molecule has 0 unspecified atom stereocenters. The van der Waals surface area contributed by atoms with E-state index in [0.29, 0.717) is 21.4 Å². The van der Waals surface area contributed by atoms with Crippen LogP contribution in [0, 0.1) is 0 Å². The van der Waals surface area contributed by atoms with Crippen LogP contribution < -0.4 is 15.5 Å². The second kappa shape index (κ2) is 7.14. The van der Waals surface area contributed by atoms with Gasteiger partial charge >= 0.3 is 0 Å². The summed E-state index contributed by atoms with van der Waals surface area (Å²) in [6.07, 6.45) is -0.229. The standard InChI is InChI=1S/C18H14N2O4S/c21-15(22)10-14-16(11-4-2-1-3-5-11)20-18(25-14)19-13-8-6-12(7-9-13)17(23)24/h1-9H,10H2,(H,19,20)(H,21,22)(H,23,24)/p-2. The van der Waals surface area contributed by atoms with Crippen LogP contribution in [-0.2, 0) is 11.2 Å². The predicted octanol–water partition coefficient (Wildman–Crippen LogP) is 1.21. The van der Waals surface area contributed by atoms with Gasteiger partial charge in [0.2, 0.25) is 0 Å². The highest BCUT2D eigenvalue weighted by Gasteiger charge is 2.13. The molecule has 7 heteroatoms. The third-order valence-electron chi connectivity index (χ3n) is 3.42. The summed E-state index contributed by atoms with van der Waals surface area (Å²) in [5, 5.41) is 25.3. The summed E-state index contributed by atoms with van der Waals surface area (Å²) in [4.78, 5) is 26.8. The van der Waals surface area contributed by atoms with E-state index in [-0.39, 0.29) is 12.0 Å². The lowest BCUT2D eigenvalue weighted by atomic mass is 10.1. The number of rotatable bonds is 6. The first-order valence-electron chi connectivity index (χ1n) is 7.36. The van der Waals surface area contributed by atoms with E-state index in [1.807, 2.05) is 30.3 Å². The Hall–Kier alpha value is -3.19. The van der Waals surface area contributed by atoms with Gasteiger partial charge in [-0.15, -0.1) is 11.3 Å². The molecule has 0 aliphatic heterocycles. The van der Waals surface area contributed by atoms with Crippen LogP contribution >= 0.6 is 11.3 Å². The molecule has 0 bridgehead atoms. The minimum Gasteiger partial charge on any atom is -0.550 e. The van der Waals surface area contributed by atoms with Crippen molar-refractivity contribution in [3.63, 3.8) is 0 Å². The van der Waals surface area contributed by atoms with E-state index >= 15 is 0 Å². The molecule has 0 atom stereocenters. The molecule has 0 saturated carbocycles. The van der Waals surface area contributed by atoms with E-state index in [2.05, 4.69) is 10.3 Å². The lowest BCUT2D eigenvalue weighted by molar-refractivity contribution is -0.304. The van der Waals surface area contributed by atoms with Crippen molar-refractivity contribution in [2.75, 3.05) is 5.32 Å². The molecule has 3 aromatic rings. The Bertz CT molecular complexity index is 905. The highest BCUT2D eigenvalue weighted by Crippen LogP contribution is 2.33. The molecule has 3 rings (SSSR count). The number of carboxylic acid groups (broad SMARTS) is 2. The normalized spacial score (nSPS) is 10.4. The summed E-state index contributed by atoms with van der Waals surface area (Å²) in [7, 11) is 0. The smallest absolute Gasteiger partial charge is 0.187 e. The first-order valence-corrected chi connectivity index (χ1v) is 8.18. The van der Waals surface area contributed by atoms with Crippen molar-refractivity contribution in [3.05, 3.63) is 65.0 Å². The van der Waals surface area contributed by atoms with Crippen molar-refractivity contribution in [3.8, 4) is 11.3 Å². The predicted molar refractivity (Wildman–Crippen MR) is 90.3 cm³/mol. The fraction of sp³-hybridized carbons (Fsp3) is 0.0556. The molecule has 1 aromatic heterocycles. The molecule has 0 aliphatic carbocycles. The van der Waals surface area contributed by atoms with Gasteiger partial charge in [-0.3, -0.25) is 0 Å². The summed E-state index contributed by atoms with van der Waals surface area (Å²) < 4.78 is 0. The van der Waals surface area contributed by atoms with Gasteiger partial charge in [0.1, 0.15) is 0 Å². The average molecular weight is 352 g/mol. The van der Waals surface area contributed by atoms with Crippen LogP contribution in [0.5, 0.6) is 0 Å². The number of aliphatic carboxylic acids is 1. The zero-order chi connectivity index (χ0) is 17.8. The van der Waals surface area contributed by atoms with Crippen molar-refractivity contribution in [2.24, 2.45) is 0 Å². The van der Waals surface area contributed by atoms with Gasteiger partial charge < -0.3 is 25.1 Å². The molecule has 126 valence electrons. The zero-order valence-electron chi connectivity index (χ0n) is 12.9. The number of thiazole rings is 1. The quantitative estimate of drug-likeness (QED) is 0.715. The van der Waals surface area contributed by atoms with E-state index in [1.165, 1.54) is 23.5 Å². The summed E-state index contributed by atoms with van der Waals surface area (Å²) >= 11 is 1.22. The highest BCUT2D eigenvalue weighted by atomic mass is 32.1. The molecular formula is C18H12N2O4S-2. The zero-order valence-corrected chi connectivity index (χ0v) is 13.7. The first kappa shape index (κ1) is 16.7. The molecule has 0 spiro atoms. The van der Waals surface area contributed by atoms with E-state index in [4.69, 9.17) is 0 Å². The van der Waals surface area contributed by atoms with Gasteiger partial charge in [0.05, 0.1) is 11.7 Å². The monoisotopic (exact) mass is 352 g/mol. The molecule has 2 aromatic carbocycles. The largest absolute Gasteiger partial charge is 0.550 e. The maximum atomic E-state index is 11.0. The summed E-state index contributed by atoms with van der Waals surface area (Å²) in [6.45, 7) is 0. The molecule has 1 heterocycles. The Morgan fingerprint density at radius 1 is 1.00 bits per heavy atom. The fourth-order valence-electron chi connectivity index (χ4n) is 2.29. The molecule has 6 nitrogen and oxygen atoms in total. The molecule has 0 aliphatic rings. The van der Waals surface area contributed by atoms with E-state index in [9.17, 15) is 19.8 Å². The van der Waals surface area contributed by atoms with Crippen molar-refractivity contribution in [2.45, 2.75) is 6.42 Å². The van der Waals surface area contributed by atoms with Gasteiger partial charge in [-0.1, -0.05) is 42.5 Å². The SMILES string of the molecule is O=C([O-])Cc1sc(Nc2ccc(C(=O)[O-])cc2)nc1-c1ccccc1. The Labute approximate surface area is 147 Å². The van der Waals surface area contributed by atoms with Crippen molar-refractivity contribution >= 4 is 34.1 Å². The maximum absolute atomic E-state index is 11.0. The van der Waals surface area contributed by atoms with Crippen molar-refractivity contribution < 1.29 is 19.8 Å². The Kier molecular flexibility index (Phi) is 4.76. The summed E-state index contributed by atoms with van der Waals surface area (Å²) in [5.74, 6) is -2.42. The highest BCUT2D eigenvalue weighted by molar-refractivity contribution is 7.16. The summed E-state index contributed by atoms with van der Waals surface area (Å²) in [5.41, 5.74) is 2.12. The van der Waals surface area contributed by atoms with Crippen LogP contribution in [0.1, 0.15) is 15.2 Å². The number of aromatic nitrogens is 1. The van der Waals surface area contributed by atoms with Crippen LogP contribution in [0.15, 0.2) is 54.6 Å². The molecule has 0 amide bonds. The molecule has 0 radical (unpaired) electrons. The van der Waals surface area contributed by atoms with Crippen molar-refractivity contribution in [1.29, 1.82) is 0 Å². The van der Waals surface area contributed by atoms with Crippen LogP contribution in [0.2, 0.25) is 0 Å². The van der Waals surface area contributed by atoms with E-state index in [1.54, 1.807) is 12.1 Å². The number of nitrogens with one attached hydrogen (secondary N) is 1. The molecule has 0 fully saturated rings. The lowest BCUT2D eigenvalue weighted by Gasteiger charge is -2.05. The number of carboxylic acids is 2. The number of carbonyl (C=O) groups is 2. The van der Waals surface area contributed by atoms with E-state index < -0.39 is 11.9 Å². The lowest BCUT2D eigenvalue weighted by Crippen LogP contribution is -2.24. The van der Waals surface area contributed by atoms with Gasteiger partial charge in [0, 0.05) is 28.5 Å². The third kappa shape index (κ3) is 4.02. The maximum Gasteiger partial charge on any atom is 0.187 e. The van der Waals surface area contributed by atoms with Crippen LogP contribution in [0.3, 0.4) is 0 Å². The molecule has 1 N–H and O–H groups in total. The fourth-order valence-corrected chi connectivity index (χ4v) is 3.28. The minimum atomic E-state index is -1.25. The second-order valence-electron chi connectivity index (χ2n) is 5.20. The number of hydrogen-bond donors (Lipinski definition) is 1. The van der Waals surface area contributed by atoms with Gasteiger partial charge in [-0.25, -0.2) is 4.98 Å². The Balaban J connectivity index is 1.90. The van der Waals surface area contributed by atoms with Crippen LogP contribution in [-0.4, -0.2) is 16.9 Å². The Morgan fingerprint density at radius 2 is 1.68 bits per heavy atom. The third-order valence-corrected chi connectivity index (χ3v) is 4.39. The molecule has 25 heavy (non-hydrogen) atoms. The van der Waals surface area contributed by atoms with Gasteiger partial charge in [0.15, 0.2) is 5.13 Å². The molecular weight excluding hydrogens is 340 g/mol. The van der Waals surface area contributed by atoms with Gasteiger partial charge in [-0.05, 0) is 17.7 Å².